The highest BCUT2D eigenvalue weighted by Gasteiger charge is 2.07. The Balaban J connectivity index is 1.69. The molecule has 7 heteroatoms. The maximum atomic E-state index is 11.7. The van der Waals surface area contributed by atoms with E-state index in [0.717, 1.165) is 5.75 Å². The van der Waals surface area contributed by atoms with E-state index in [2.05, 4.69) is 0 Å². The Morgan fingerprint density at radius 2 is 1.60 bits per heavy atom. The van der Waals surface area contributed by atoms with Crippen LogP contribution in [0.2, 0.25) is 0 Å². The molecule has 0 N–H and O–H groups in total. The highest BCUT2D eigenvalue weighted by molar-refractivity contribution is 5.69. The number of hydrogen-bond donors (Lipinski definition) is 0. The first kappa shape index (κ1) is 18.3. The number of esters is 1. The third-order valence-corrected chi connectivity index (χ3v) is 3.26. The zero-order chi connectivity index (χ0) is 18.1. The highest BCUT2D eigenvalue weighted by atomic mass is 16.6. The van der Waals surface area contributed by atoms with Crippen LogP contribution in [0.15, 0.2) is 48.5 Å². The van der Waals surface area contributed by atoms with Gasteiger partial charge < -0.3 is 14.2 Å². The number of carbonyl (C=O) groups is 1. The van der Waals surface area contributed by atoms with Crippen LogP contribution in [0.25, 0.3) is 0 Å². The van der Waals surface area contributed by atoms with Gasteiger partial charge in [0.05, 0.1) is 24.6 Å². The van der Waals surface area contributed by atoms with E-state index < -0.39 is 10.9 Å². The van der Waals surface area contributed by atoms with Gasteiger partial charge in [0.25, 0.3) is 5.69 Å². The molecule has 0 bridgehead atoms. The fraction of sp³-hybridized carbons (Fsp3) is 0.278. The van der Waals surface area contributed by atoms with Crippen LogP contribution >= 0.6 is 0 Å². The van der Waals surface area contributed by atoms with Gasteiger partial charge in [-0.15, -0.1) is 0 Å². The summed E-state index contributed by atoms with van der Waals surface area (Å²) in [4.78, 5) is 21.8. The standard InChI is InChI=1S/C18H19NO6/c1-2-23-16-7-9-17(10-8-16)24-12-11-18(20)25-13-14-3-5-15(6-4-14)19(21)22/h3-10H,2,11-13H2,1H3. The molecule has 0 aliphatic heterocycles. The molecule has 132 valence electrons. The normalized spacial score (nSPS) is 10.1. The minimum absolute atomic E-state index is 0.00108. The SMILES string of the molecule is CCOc1ccc(OCCC(=O)OCc2ccc([N+](=O)[O-])cc2)cc1. The first-order chi connectivity index (χ1) is 12.1. The van der Waals surface area contributed by atoms with Crippen LogP contribution in [0.5, 0.6) is 11.5 Å². The molecular formula is C18H19NO6. The van der Waals surface area contributed by atoms with Gasteiger partial charge in [0.2, 0.25) is 0 Å². The molecule has 25 heavy (non-hydrogen) atoms. The summed E-state index contributed by atoms with van der Waals surface area (Å²) >= 11 is 0. The van der Waals surface area contributed by atoms with Gasteiger partial charge in [-0.3, -0.25) is 14.9 Å². The van der Waals surface area contributed by atoms with E-state index in [4.69, 9.17) is 14.2 Å². The number of ether oxygens (including phenoxy) is 3. The molecule has 2 rings (SSSR count). The number of benzene rings is 2. The predicted molar refractivity (Wildman–Crippen MR) is 90.6 cm³/mol. The van der Waals surface area contributed by atoms with Crippen LogP contribution in [-0.4, -0.2) is 24.1 Å². The lowest BCUT2D eigenvalue weighted by atomic mass is 10.2. The molecule has 0 fully saturated rings. The molecule has 2 aromatic rings. The molecule has 0 amide bonds. The van der Waals surface area contributed by atoms with Gasteiger partial charge in [-0.2, -0.15) is 0 Å². The summed E-state index contributed by atoms with van der Waals surface area (Å²) in [6.45, 7) is 2.78. The molecule has 0 saturated heterocycles. The van der Waals surface area contributed by atoms with Crippen molar-refractivity contribution in [2.45, 2.75) is 20.0 Å². The number of nitro benzene ring substituents is 1. The number of nitro groups is 1. The predicted octanol–water partition coefficient (Wildman–Crippen LogP) is 3.51. The van der Waals surface area contributed by atoms with Crippen LogP contribution < -0.4 is 9.47 Å². The molecule has 0 heterocycles. The highest BCUT2D eigenvalue weighted by Crippen LogP contribution is 2.17. The average Bonchev–Trinajstić information content (AvgIpc) is 2.62. The minimum Gasteiger partial charge on any atom is -0.494 e. The van der Waals surface area contributed by atoms with Gasteiger partial charge in [0.1, 0.15) is 18.1 Å². The number of rotatable bonds is 9. The van der Waals surface area contributed by atoms with Crippen LogP contribution in [0.3, 0.4) is 0 Å². The second-order valence-corrected chi connectivity index (χ2v) is 5.09. The Kier molecular flexibility index (Phi) is 6.76. The van der Waals surface area contributed by atoms with Crippen LogP contribution in [0, 0.1) is 10.1 Å². The van der Waals surface area contributed by atoms with E-state index in [9.17, 15) is 14.9 Å². The smallest absolute Gasteiger partial charge is 0.309 e. The number of hydrogen-bond acceptors (Lipinski definition) is 6. The summed E-state index contributed by atoms with van der Waals surface area (Å²) in [5.74, 6) is 1.01. The van der Waals surface area contributed by atoms with E-state index in [-0.39, 0.29) is 25.3 Å². The molecule has 0 radical (unpaired) electrons. The van der Waals surface area contributed by atoms with Gasteiger partial charge in [0, 0.05) is 12.1 Å². The topological polar surface area (TPSA) is 87.9 Å². The van der Waals surface area contributed by atoms with Crippen molar-refractivity contribution in [3.05, 3.63) is 64.2 Å². The van der Waals surface area contributed by atoms with Gasteiger partial charge in [-0.25, -0.2) is 0 Å². The van der Waals surface area contributed by atoms with E-state index >= 15 is 0 Å². The number of carbonyl (C=O) groups excluding carboxylic acids is 1. The van der Waals surface area contributed by atoms with Crippen molar-refractivity contribution in [1.82, 2.24) is 0 Å². The number of nitrogens with zero attached hydrogens (tertiary/aromatic N) is 1. The van der Waals surface area contributed by atoms with Crippen molar-refractivity contribution in [1.29, 1.82) is 0 Å². The fourth-order valence-corrected chi connectivity index (χ4v) is 2.00. The Bertz CT molecular complexity index is 697. The largest absolute Gasteiger partial charge is 0.494 e. The monoisotopic (exact) mass is 345 g/mol. The lowest BCUT2D eigenvalue weighted by molar-refractivity contribution is -0.384. The van der Waals surface area contributed by atoms with E-state index in [1.165, 1.54) is 12.1 Å². The molecule has 0 spiro atoms. The third-order valence-electron chi connectivity index (χ3n) is 3.26. The zero-order valence-electron chi connectivity index (χ0n) is 13.8. The molecule has 0 aromatic heterocycles. The van der Waals surface area contributed by atoms with Crippen molar-refractivity contribution in [2.75, 3.05) is 13.2 Å². The Hall–Kier alpha value is -3.09. The van der Waals surface area contributed by atoms with Crippen LogP contribution in [-0.2, 0) is 16.1 Å². The second kappa shape index (κ2) is 9.27. The van der Waals surface area contributed by atoms with Crippen molar-refractivity contribution >= 4 is 11.7 Å². The van der Waals surface area contributed by atoms with Crippen molar-refractivity contribution in [3.63, 3.8) is 0 Å². The van der Waals surface area contributed by atoms with Gasteiger partial charge in [-0.1, -0.05) is 0 Å². The quantitative estimate of drug-likeness (QED) is 0.393. The molecule has 0 unspecified atom stereocenters. The van der Waals surface area contributed by atoms with E-state index in [1.807, 2.05) is 6.92 Å². The van der Waals surface area contributed by atoms with Gasteiger partial charge in [-0.05, 0) is 48.9 Å². The van der Waals surface area contributed by atoms with Crippen molar-refractivity contribution in [3.8, 4) is 11.5 Å². The summed E-state index contributed by atoms with van der Waals surface area (Å²) in [5, 5.41) is 10.6. The first-order valence-electron chi connectivity index (χ1n) is 7.83. The van der Waals surface area contributed by atoms with Crippen LogP contribution in [0.4, 0.5) is 5.69 Å². The Morgan fingerprint density at radius 3 is 2.16 bits per heavy atom. The van der Waals surface area contributed by atoms with Crippen molar-refractivity contribution in [2.24, 2.45) is 0 Å². The maximum Gasteiger partial charge on any atom is 0.309 e. The minimum atomic E-state index is -0.478. The molecule has 0 aliphatic rings. The second-order valence-electron chi connectivity index (χ2n) is 5.09. The molecule has 0 aliphatic carbocycles. The third kappa shape index (κ3) is 6.14. The molecule has 7 nitrogen and oxygen atoms in total. The number of non-ortho nitro benzene ring substituents is 1. The van der Waals surface area contributed by atoms with Gasteiger partial charge >= 0.3 is 5.97 Å². The summed E-state index contributed by atoms with van der Waals surface area (Å²) in [6, 6.07) is 13.0. The average molecular weight is 345 g/mol. The van der Waals surface area contributed by atoms with E-state index in [0.29, 0.717) is 17.9 Å². The molecule has 0 atom stereocenters. The fourth-order valence-electron chi connectivity index (χ4n) is 2.00. The lowest BCUT2D eigenvalue weighted by Gasteiger charge is -2.08. The zero-order valence-corrected chi connectivity index (χ0v) is 13.8. The maximum absolute atomic E-state index is 11.7. The first-order valence-corrected chi connectivity index (χ1v) is 7.83. The Morgan fingerprint density at radius 1 is 1.00 bits per heavy atom. The summed E-state index contributed by atoms with van der Waals surface area (Å²) in [6.07, 6.45) is 0.111. The molecular weight excluding hydrogens is 326 g/mol. The van der Waals surface area contributed by atoms with Crippen molar-refractivity contribution < 1.29 is 23.9 Å². The summed E-state index contributed by atoms with van der Waals surface area (Å²) < 4.78 is 15.9. The van der Waals surface area contributed by atoms with Gasteiger partial charge in [0.15, 0.2) is 0 Å². The Labute approximate surface area is 145 Å². The lowest BCUT2D eigenvalue weighted by Crippen LogP contribution is -2.10. The van der Waals surface area contributed by atoms with Crippen LogP contribution in [0.1, 0.15) is 18.9 Å². The van der Waals surface area contributed by atoms with E-state index in [1.54, 1.807) is 36.4 Å². The molecule has 2 aromatic carbocycles. The molecule has 0 saturated carbocycles. The summed E-state index contributed by atoms with van der Waals surface area (Å²) in [5.41, 5.74) is 0.685. The summed E-state index contributed by atoms with van der Waals surface area (Å²) in [7, 11) is 0.